The first-order chi connectivity index (χ1) is 13.6. The van der Waals surface area contributed by atoms with E-state index in [1.54, 1.807) is 23.6 Å². The number of carboxylic acids is 1. The number of pyridine rings is 2. The summed E-state index contributed by atoms with van der Waals surface area (Å²) in [6.45, 7) is 0. The first-order valence-corrected chi connectivity index (χ1v) is 8.79. The molecule has 13 heteroatoms. The Morgan fingerprint density at radius 1 is 1.24 bits per heavy atom. The van der Waals surface area contributed by atoms with Gasteiger partial charge in [-0.15, -0.1) is 11.3 Å². The van der Waals surface area contributed by atoms with Crippen molar-refractivity contribution in [1.29, 1.82) is 0 Å². The van der Waals surface area contributed by atoms with Crippen molar-refractivity contribution in [2.45, 2.75) is 6.18 Å². The van der Waals surface area contributed by atoms with Gasteiger partial charge in [-0.3, -0.25) is 4.98 Å². The quantitative estimate of drug-likeness (QED) is 0.470. The van der Waals surface area contributed by atoms with E-state index in [0.717, 1.165) is 15.8 Å². The Balaban J connectivity index is 0.000000298. The van der Waals surface area contributed by atoms with Crippen LogP contribution in [-0.2, 0) is 4.79 Å². The van der Waals surface area contributed by atoms with E-state index in [1.165, 1.54) is 6.20 Å². The summed E-state index contributed by atoms with van der Waals surface area (Å²) in [6.07, 6.45) is -1.88. The molecule has 3 N–H and O–H groups in total. The van der Waals surface area contributed by atoms with Gasteiger partial charge in [0.15, 0.2) is 0 Å². The standard InChI is InChI=1S/C14H8ClN5OS.C2HF3O2/c15-9-4-8(16)6-18-12(9)14-19-13(20-21-14)7-3-11-10(17-5-7)1-2-22-11;3-2(4,5)1(6)7/h1-6H,16H2;(H,6,7). The molecular weight excluding hydrogens is 435 g/mol. The summed E-state index contributed by atoms with van der Waals surface area (Å²) in [5.74, 6) is -2.08. The van der Waals surface area contributed by atoms with Crippen LogP contribution >= 0.6 is 22.9 Å². The molecule has 0 saturated carbocycles. The third kappa shape index (κ3) is 4.78. The second kappa shape index (κ2) is 8.01. The van der Waals surface area contributed by atoms with Crippen molar-refractivity contribution >= 4 is 44.8 Å². The third-order valence-electron chi connectivity index (χ3n) is 3.29. The van der Waals surface area contributed by atoms with Gasteiger partial charge in [-0.1, -0.05) is 16.8 Å². The summed E-state index contributed by atoms with van der Waals surface area (Å²) in [7, 11) is 0. The summed E-state index contributed by atoms with van der Waals surface area (Å²) in [4.78, 5) is 21.7. The van der Waals surface area contributed by atoms with Crippen LogP contribution < -0.4 is 5.73 Å². The number of halogens is 4. The number of nitrogens with zero attached hydrogens (tertiary/aromatic N) is 4. The number of nitrogens with two attached hydrogens (primary N) is 1. The van der Waals surface area contributed by atoms with Gasteiger partial charge in [0.2, 0.25) is 5.82 Å². The first kappa shape index (κ1) is 20.5. The minimum absolute atomic E-state index is 0.242. The zero-order valence-electron chi connectivity index (χ0n) is 14.0. The number of nitrogen functional groups attached to an aromatic ring is 1. The van der Waals surface area contributed by atoms with Crippen LogP contribution in [0.4, 0.5) is 18.9 Å². The number of aromatic nitrogens is 4. The van der Waals surface area contributed by atoms with Crippen molar-refractivity contribution in [3.8, 4) is 23.0 Å². The van der Waals surface area contributed by atoms with Gasteiger partial charge in [0.25, 0.3) is 5.89 Å². The predicted molar refractivity (Wildman–Crippen MR) is 99.3 cm³/mol. The van der Waals surface area contributed by atoms with Gasteiger partial charge < -0.3 is 15.4 Å². The van der Waals surface area contributed by atoms with Crippen molar-refractivity contribution in [1.82, 2.24) is 20.1 Å². The zero-order valence-corrected chi connectivity index (χ0v) is 15.6. The number of rotatable bonds is 2. The van der Waals surface area contributed by atoms with Gasteiger partial charge in [-0.2, -0.15) is 18.2 Å². The Hall–Kier alpha value is -3.25. The monoisotopic (exact) mass is 443 g/mol. The van der Waals surface area contributed by atoms with Crippen LogP contribution in [-0.4, -0.2) is 37.4 Å². The molecule has 4 aromatic rings. The van der Waals surface area contributed by atoms with Gasteiger partial charge in [0, 0.05) is 11.8 Å². The summed E-state index contributed by atoms with van der Waals surface area (Å²) < 4.78 is 38.0. The fourth-order valence-electron chi connectivity index (χ4n) is 2.02. The second-order valence-electron chi connectivity index (χ2n) is 5.35. The molecule has 8 nitrogen and oxygen atoms in total. The molecule has 0 saturated heterocycles. The number of carboxylic acid groups (broad SMARTS) is 1. The van der Waals surface area contributed by atoms with Crippen LogP contribution in [0.15, 0.2) is 40.5 Å². The topological polar surface area (TPSA) is 128 Å². The van der Waals surface area contributed by atoms with Crippen molar-refractivity contribution in [3.63, 3.8) is 0 Å². The van der Waals surface area contributed by atoms with Gasteiger partial charge in [0.05, 0.1) is 27.1 Å². The highest BCUT2D eigenvalue weighted by atomic mass is 35.5. The van der Waals surface area contributed by atoms with Gasteiger partial charge >= 0.3 is 12.1 Å². The molecule has 0 bridgehead atoms. The average molecular weight is 444 g/mol. The molecule has 0 spiro atoms. The molecule has 0 fully saturated rings. The SMILES string of the molecule is Nc1cnc(-c2nc(-c3cnc4ccsc4c3)no2)c(Cl)c1.O=C(O)C(F)(F)F. The normalized spacial score (nSPS) is 11.2. The highest BCUT2D eigenvalue weighted by Gasteiger charge is 2.38. The lowest BCUT2D eigenvalue weighted by atomic mass is 10.2. The van der Waals surface area contributed by atoms with Gasteiger partial charge in [-0.05, 0) is 23.6 Å². The van der Waals surface area contributed by atoms with E-state index in [-0.39, 0.29) is 5.89 Å². The largest absolute Gasteiger partial charge is 0.490 e. The number of carbonyl (C=O) groups is 1. The third-order valence-corrected chi connectivity index (χ3v) is 4.44. The highest BCUT2D eigenvalue weighted by Crippen LogP contribution is 2.29. The predicted octanol–water partition coefficient (Wildman–Crippen LogP) is 4.28. The lowest BCUT2D eigenvalue weighted by molar-refractivity contribution is -0.192. The second-order valence-corrected chi connectivity index (χ2v) is 6.71. The number of aliphatic carboxylic acids is 1. The maximum atomic E-state index is 10.6. The van der Waals surface area contributed by atoms with E-state index in [2.05, 4.69) is 20.1 Å². The molecule has 0 atom stereocenters. The molecule has 0 aromatic carbocycles. The smallest absolute Gasteiger partial charge is 0.475 e. The summed E-state index contributed by atoms with van der Waals surface area (Å²) in [5.41, 5.74) is 8.22. The molecular formula is C16H9ClF3N5O3S. The highest BCUT2D eigenvalue weighted by molar-refractivity contribution is 7.17. The maximum absolute atomic E-state index is 10.6. The molecule has 4 rings (SSSR count). The molecule has 4 aromatic heterocycles. The van der Waals surface area contributed by atoms with E-state index in [0.29, 0.717) is 22.2 Å². The van der Waals surface area contributed by atoms with E-state index < -0.39 is 12.1 Å². The van der Waals surface area contributed by atoms with E-state index in [9.17, 15) is 13.2 Å². The first-order valence-electron chi connectivity index (χ1n) is 7.54. The number of hydrogen-bond acceptors (Lipinski definition) is 8. The van der Waals surface area contributed by atoms with E-state index >= 15 is 0 Å². The van der Waals surface area contributed by atoms with Gasteiger partial charge in [0.1, 0.15) is 5.69 Å². The molecule has 0 aliphatic heterocycles. The lowest BCUT2D eigenvalue weighted by Gasteiger charge is -1.98. The van der Waals surface area contributed by atoms with Crippen LogP contribution in [0.25, 0.3) is 33.2 Å². The summed E-state index contributed by atoms with van der Waals surface area (Å²) in [5, 5.41) is 13.4. The van der Waals surface area contributed by atoms with Crippen molar-refractivity contribution in [2.75, 3.05) is 5.73 Å². The molecule has 0 aliphatic carbocycles. The van der Waals surface area contributed by atoms with Crippen LogP contribution in [0.5, 0.6) is 0 Å². The Morgan fingerprint density at radius 2 is 1.97 bits per heavy atom. The van der Waals surface area contributed by atoms with Crippen LogP contribution in [0.3, 0.4) is 0 Å². The van der Waals surface area contributed by atoms with E-state index in [4.69, 9.17) is 31.8 Å². The summed E-state index contributed by atoms with van der Waals surface area (Å²) >= 11 is 7.71. The molecule has 29 heavy (non-hydrogen) atoms. The Bertz CT molecular complexity index is 1180. The van der Waals surface area contributed by atoms with E-state index in [1.807, 2.05) is 17.5 Å². The fraction of sp³-hybridized carbons (Fsp3) is 0.0625. The maximum Gasteiger partial charge on any atom is 0.490 e. The van der Waals surface area contributed by atoms with Crippen LogP contribution in [0, 0.1) is 0 Å². The number of alkyl halides is 3. The molecule has 4 heterocycles. The zero-order chi connectivity index (χ0) is 21.2. The Kier molecular flexibility index (Phi) is 5.66. The molecule has 0 amide bonds. The lowest BCUT2D eigenvalue weighted by Crippen LogP contribution is -2.21. The van der Waals surface area contributed by atoms with Crippen molar-refractivity contribution in [2.24, 2.45) is 0 Å². The molecule has 0 aliphatic rings. The van der Waals surface area contributed by atoms with Crippen molar-refractivity contribution < 1.29 is 27.6 Å². The molecule has 150 valence electrons. The number of fused-ring (bicyclic) bond motifs is 1. The van der Waals surface area contributed by atoms with Crippen LogP contribution in [0.1, 0.15) is 0 Å². The number of hydrogen-bond donors (Lipinski definition) is 2. The Labute approximate surface area is 168 Å². The number of anilines is 1. The molecule has 0 unspecified atom stereocenters. The van der Waals surface area contributed by atoms with Crippen LogP contribution in [0.2, 0.25) is 5.02 Å². The minimum Gasteiger partial charge on any atom is -0.475 e. The summed E-state index contributed by atoms with van der Waals surface area (Å²) in [6, 6.07) is 5.52. The average Bonchev–Trinajstić information content (AvgIpc) is 3.30. The number of thiophene rings is 1. The minimum atomic E-state index is -5.08. The Morgan fingerprint density at radius 3 is 2.62 bits per heavy atom. The molecule has 0 radical (unpaired) electrons. The van der Waals surface area contributed by atoms with Gasteiger partial charge in [-0.25, -0.2) is 9.78 Å². The fourth-order valence-corrected chi connectivity index (χ4v) is 3.05. The van der Waals surface area contributed by atoms with Crippen molar-refractivity contribution in [3.05, 3.63) is 41.0 Å².